The quantitative estimate of drug-likeness (QED) is 0.380. The van der Waals surface area contributed by atoms with Gasteiger partial charge in [-0.15, -0.1) is 0 Å². The summed E-state index contributed by atoms with van der Waals surface area (Å²) < 4.78 is 16.5. The SMILES string of the molecule is CC(COc1ccc(-c2cnc(N)c(C(=O)Cc3cnccc3N3CCOCC3)n2)cc1)NC(=O)OC(C)(C)C. The van der Waals surface area contributed by atoms with Gasteiger partial charge in [0.15, 0.2) is 11.6 Å². The lowest BCUT2D eigenvalue weighted by Crippen LogP contribution is -2.40. The van der Waals surface area contributed by atoms with Gasteiger partial charge in [0.1, 0.15) is 23.7 Å². The van der Waals surface area contributed by atoms with Crippen LogP contribution < -0.4 is 20.7 Å². The Morgan fingerprint density at radius 3 is 2.55 bits per heavy atom. The number of nitrogens with zero attached hydrogens (tertiary/aromatic N) is 4. The Morgan fingerprint density at radius 1 is 1.12 bits per heavy atom. The summed E-state index contributed by atoms with van der Waals surface area (Å²) in [5, 5.41) is 2.74. The van der Waals surface area contributed by atoms with Crippen LogP contribution in [-0.2, 0) is 15.9 Å². The van der Waals surface area contributed by atoms with Crippen LogP contribution in [0.15, 0.2) is 48.9 Å². The normalized spacial score (nSPS) is 14.3. The number of alkyl carbamates (subject to hydrolysis) is 1. The number of carbonyl (C=O) groups is 2. The smallest absolute Gasteiger partial charge is 0.407 e. The van der Waals surface area contributed by atoms with Crippen LogP contribution in [0, 0.1) is 0 Å². The van der Waals surface area contributed by atoms with Crippen molar-refractivity contribution >= 4 is 23.4 Å². The number of pyridine rings is 1. The van der Waals surface area contributed by atoms with Crippen LogP contribution in [0.25, 0.3) is 11.3 Å². The van der Waals surface area contributed by atoms with E-state index in [4.69, 9.17) is 19.9 Å². The Hall–Kier alpha value is -4.25. The molecule has 1 aliphatic rings. The van der Waals surface area contributed by atoms with Crippen LogP contribution in [0.5, 0.6) is 5.75 Å². The van der Waals surface area contributed by atoms with Crippen LogP contribution in [0.1, 0.15) is 43.7 Å². The van der Waals surface area contributed by atoms with E-state index in [-0.39, 0.29) is 36.4 Å². The number of morpholine rings is 1. The summed E-state index contributed by atoms with van der Waals surface area (Å²) in [6, 6.07) is 8.89. The number of ether oxygens (including phenoxy) is 3. The van der Waals surface area contributed by atoms with Crippen molar-refractivity contribution in [3.63, 3.8) is 0 Å². The molecule has 40 heavy (non-hydrogen) atoms. The topological polar surface area (TPSA) is 142 Å². The van der Waals surface area contributed by atoms with E-state index in [9.17, 15) is 9.59 Å². The van der Waals surface area contributed by atoms with Gasteiger partial charge >= 0.3 is 6.09 Å². The zero-order chi connectivity index (χ0) is 28.7. The van der Waals surface area contributed by atoms with Crippen molar-refractivity contribution in [1.82, 2.24) is 20.3 Å². The van der Waals surface area contributed by atoms with E-state index in [1.165, 1.54) is 6.20 Å². The summed E-state index contributed by atoms with van der Waals surface area (Å²) in [7, 11) is 0. The maximum atomic E-state index is 13.3. The number of amides is 1. The zero-order valence-corrected chi connectivity index (χ0v) is 23.3. The Balaban J connectivity index is 1.40. The number of nitrogens with two attached hydrogens (primary N) is 1. The first kappa shape index (κ1) is 28.8. The molecule has 11 heteroatoms. The second kappa shape index (κ2) is 12.7. The molecular weight excluding hydrogens is 512 g/mol. The number of hydrogen-bond donors (Lipinski definition) is 2. The second-order valence-corrected chi connectivity index (χ2v) is 10.6. The summed E-state index contributed by atoms with van der Waals surface area (Å²) in [5.41, 5.74) is 8.65. The molecule has 0 saturated carbocycles. The monoisotopic (exact) mass is 548 g/mol. The molecule has 1 unspecified atom stereocenters. The first-order chi connectivity index (χ1) is 19.1. The van der Waals surface area contributed by atoms with E-state index >= 15 is 0 Å². The molecule has 1 amide bonds. The van der Waals surface area contributed by atoms with Crippen LogP contribution in [0.3, 0.4) is 0 Å². The van der Waals surface area contributed by atoms with Gasteiger partial charge in [-0.25, -0.2) is 14.8 Å². The summed E-state index contributed by atoms with van der Waals surface area (Å²) in [4.78, 5) is 40.4. The molecule has 3 aromatic rings. The Morgan fingerprint density at radius 2 is 1.85 bits per heavy atom. The largest absolute Gasteiger partial charge is 0.491 e. The third kappa shape index (κ3) is 7.89. The lowest BCUT2D eigenvalue weighted by atomic mass is 10.1. The molecule has 3 heterocycles. The highest BCUT2D eigenvalue weighted by Crippen LogP contribution is 2.25. The number of aromatic nitrogens is 3. The maximum Gasteiger partial charge on any atom is 0.407 e. The Labute approximate surface area is 234 Å². The van der Waals surface area contributed by atoms with E-state index in [1.54, 1.807) is 24.5 Å². The number of benzene rings is 1. The number of Topliss-reactive ketones (excluding diaryl/α,β-unsaturated/α-hetero) is 1. The van der Waals surface area contributed by atoms with E-state index in [0.29, 0.717) is 24.7 Å². The fourth-order valence-electron chi connectivity index (χ4n) is 4.16. The zero-order valence-electron chi connectivity index (χ0n) is 23.3. The summed E-state index contributed by atoms with van der Waals surface area (Å²) in [6.07, 6.45) is 4.58. The molecule has 3 N–H and O–H groups in total. The van der Waals surface area contributed by atoms with Crippen LogP contribution >= 0.6 is 0 Å². The first-order valence-electron chi connectivity index (χ1n) is 13.2. The Bertz CT molecular complexity index is 1320. The van der Waals surface area contributed by atoms with Crippen LogP contribution in [-0.4, -0.2) is 71.4 Å². The second-order valence-electron chi connectivity index (χ2n) is 10.6. The van der Waals surface area contributed by atoms with Crippen LogP contribution in [0.4, 0.5) is 16.3 Å². The molecule has 0 bridgehead atoms. The van der Waals surface area contributed by atoms with Crippen molar-refractivity contribution in [3.8, 4) is 17.0 Å². The predicted molar refractivity (Wildman–Crippen MR) is 152 cm³/mol. The van der Waals surface area contributed by atoms with E-state index in [1.807, 2.05) is 45.9 Å². The molecule has 1 aromatic carbocycles. The molecule has 11 nitrogen and oxygen atoms in total. The minimum atomic E-state index is -0.569. The molecule has 0 aliphatic carbocycles. The average molecular weight is 549 g/mol. The standard InChI is InChI=1S/C29H36N6O5/c1-19(33-28(37)40-29(2,3)4)18-39-22-7-5-20(6-8-22)23-17-32-27(30)26(34-23)25(36)15-21-16-31-10-9-24(21)35-11-13-38-14-12-35/h5-10,16-17,19H,11-15,18H2,1-4H3,(H2,30,32)(H,33,37). The summed E-state index contributed by atoms with van der Waals surface area (Å²) in [6.45, 7) is 10.3. The number of anilines is 2. The highest BCUT2D eigenvalue weighted by atomic mass is 16.6. The molecule has 1 atom stereocenters. The van der Waals surface area contributed by atoms with E-state index in [0.717, 1.165) is 29.9 Å². The predicted octanol–water partition coefficient (Wildman–Crippen LogP) is 3.67. The van der Waals surface area contributed by atoms with Crippen molar-refractivity contribution < 1.29 is 23.8 Å². The third-order valence-corrected chi connectivity index (χ3v) is 6.06. The fraction of sp³-hybridized carbons (Fsp3) is 0.414. The molecule has 4 rings (SSSR count). The van der Waals surface area contributed by atoms with Gasteiger partial charge in [0.25, 0.3) is 0 Å². The number of rotatable bonds is 9. The number of hydrogen-bond acceptors (Lipinski definition) is 10. The van der Waals surface area contributed by atoms with Crippen molar-refractivity contribution in [2.75, 3.05) is 43.5 Å². The molecule has 1 aliphatic heterocycles. The van der Waals surface area contributed by atoms with Crippen molar-refractivity contribution in [2.45, 2.75) is 45.8 Å². The highest BCUT2D eigenvalue weighted by molar-refractivity contribution is 6.00. The molecule has 0 radical (unpaired) electrons. The highest BCUT2D eigenvalue weighted by Gasteiger charge is 2.21. The molecule has 0 spiro atoms. The first-order valence-corrected chi connectivity index (χ1v) is 13.2. The molecule has 1 saturated heterocycles. The van der Waals surface area contributed by atoms with Gasteiger partial charge in [-0.3, -0.25) is 9.78 Å². The number of nitrogens with one attached hydrogen (secondary N) is 1. The average Bonchev–Trinajstić information content (AvgIpc) is 2.92. The van der Waals surface area contributed by atoms with Gasteiger partial charge in [-0.2, -0.15) is 0 Å². The lowest BCUT2D eigenvalue weighted by Gasteiger charge is -2.30. The van der Waals surface area contributed by atoms with Gasteiger partial charge < -0.3 is 30.2 Å². The number of ketones is 1. The lowest BCUT2D eigenvalue weighted by molar-refractivity contribution is 0.0493. The van der Waals surface area contributed by atoms with Gasteiger partial charge in [0.05, 0.1) is 31.1 Å². The van der Waals surface area contributed by atoms with Crippen molar-refractivity contribution in [1.29, 1.82) is 0 Å². The summed E-state index contributed by atoms with van der Waals surface area (Å²) in [5.74, 6) is 0.464. The van der Waals surface area contributed by atoms with Gasteiger partial charge in [-0.05, 0) is 58.0 Å². The molecule has 212 valence electrons. The minimum absolute atomic E-state index is 0.0805. The van der Waals surface area contributed by atoms with Crippen molar-refractivity contribution in [2.24, 2.45) is 0 Å². The number of nitrogen functional groups attached to an aromatic ring is 1. The van der Waals surface area contributed by atoms with Gasteiger partial charge in [0, 0.05) is 48.7 Å². The minimum Gasteiger partial charge on any atom is -0.491 e. The molecule has 2 aromatic heterocycles. The van der Waals surface area contributed by atoms with Gasteiger partial charge in [0.2, 0.25) is 0 Å². The van der Waals surface area contributed by atoms with E-state index < -0.39 is 11.7 Å². The van der Waals surface area contributed by atoms with E-state index in [2.05, 4.69) is 25.2 Å². The van der Waals surface area contributed by atoms with Crippen molar-refractivity contribution in [3.05, 3.63) is 60.2 Å². The molecular formula is C29H36N6O5. The molecule has 1 fully saturated rings. The van der Waals surface area contributed by atoms with Crippen LogP contribution in [0.2, 0.25) is 0 Å². The Kier molecular flexibility index (Phi) is 9.15. The fourth-order valence-corrected chi connectivity index (χ4v) is 4.16. The summed E-state index contributed by atoms with van der Waals surface area (Å²) >= 11 is 0. The van der Waals surface area contributed by atoms with Gasteiger partial charge in [-0.1, -0.05) is 0 Å². The maximum absolute atomic E-state index is 13.3. The third-order valence-electron chi connectivity index (χ3n) is 6.06. The number of carbonyl (C=O) groups excluding carboxylic acids is 2.